The van der Waals surface area contributed by atoms with Gasteiger partial charge in [-0.2, -0.15) is 0 Å². The second-order valence-electron chi connectivity index (χ2n) is 11.7. The molecule has 2 aliphatic heterocycles. The molecule has 2 aromatic carbocycles. The molecule has 10 heteroatoms. The quantitative estimate of drug-likeness (QED) is 0.327. The maximum Gasteiger partial charge on any atom is 0.311 e. The molecule has 5 unspecified atom stereocenters. The van der Waals surface area contributed by atoms with Crippen molar-refractivity contribution < 1.29 is 24.7 Å². The minimum Gasteiger partial charge on any atom is -0.481 e. The highest BCUT2D eigenvalue weighted by Crippen LogP contribution is 2.57. The Morgan fingerprint density at radius 2 is 1.70 bits per heavy atom. The zero-order valence-corrected chi connectivity index (χ0v) is 23.9. The van der Waals surface area contributed by atoms with Crippen LogP contribution in [0.3, 0.4) is 0 Å². The summed E-state index contributed by atoms with van der Waals surface area (Å²) in [5, 5.41) is 36.2. The summed E-state index contributed by atoms with van der Waals surface area (Å²) in [7, 11) is 0. The molecule has 0 aromatic heterocycles. The van der Waals surface area contributed by atoms with Crippen molar-refractivity contribution in [1.82, 2.24) is 10.2 Å². The molecule has 0 amide bonds. The highest BCUT2D eigenvalue weighted by molar-refractivity contribution is 5.84. The molecule has 0 aliphatic carbocycles. The molecule has 0 saturated carbocycles. The van der Waals surface area contributed by atoms with Gasteiger partial charge in [-0.3, -0.25) is 24.6 Å². The molecular formula is C30H40N4O6. The van der Waals surface area contributed by atoms with Gasteiger partial charge >= 0.3 is 11.9 Å². The number of non-ortho nitro benzene ring substituents is 1. The van der Waals surface area contributed by atoms with Crippen LogP contribution in [0.1, 0.15) is 49.8 Å². The lowest BCUT2D eigenvalue weighted by molar-refractivity contribution is -0.385. The fourth-order valence-electron chi connectivity index (χ4n) is 6.99. The lowest BCUT2D eigenvalue weighted by Crippen LogP contribution is -2.69. The van der Waals surface area contributed by atoms with Crippen molar-refractivity contribution in [3.8, 4) is 0 Å². The molecule has 3 N–H and O–H groups in total. The van der Waals surface area contributed by atoms with E-state index in [0.29, 0.717) is 12.1 Å². The van der Waals surface area contributed by atoms with Crippen LogP contribution in [0.5, 0.6) is 0 Å². The van der Waals surface area contributed by atoms with Crippen LogP contribution in [-0.4, -0.2) is 76.8 Å². The average Bonchev–Trinajstić information content (AvgIpc) is 2.90. The van der Waals surface area contributed by atoms with E-state index in [9.17, 15) is 29.9 Å². The molecule has 40 heavy (non-hydrogen) atoms. The number of nitro benzene ring substituents is 1. The molecule has 0 radical (unpaired) electrons. The standard InChI is InChI=1S/C30H40N4O6/c1-19-9-10-25(20(2)17-19)33-15-13-32(14-16-33)12-11-30(28(37)38)22(4)31-21(3)29(5,27(35)36)26(30)23-7-6-8-24(18-23)34(39)40/h6-10,17-18,21-22,26,31H,11-16H2,1-5H3,(H,35,36)(H,37,38). The number of piperazine rings is 1. The van der Waals surface area contributed by atoms with Crippen LogP contribution in [0, 0.1) is 34.8 Å². The number of anilines is 1. The number of hydrogen-bond donors (Lipinski definition) is 3. The summed E-state index contributed by atoms with van der Waals surface area (Å²) >= 11 is 0. The molecule has 2 fully saturated rings. The minimum absolute atomic E-state index is 0.189. The summed E-state index contributed by atoms with van der Waals surface area (Å²) in [4.78, 5) is 41.8. The van der Waals surface area contributed by atoms with E-state index in [4.69, 9.17) is 0 Å². The summed E-state index contributed by atoms with van der Waals surface area (Å²) in [5.41, 5.74) is 0.778. The predicted octanol–water partition coefficient (Wildman–Crippen LogP) is 4.05. The van der Waals surface area contributed by atoms with Crippen LogP contribution in [0.4, 0.5) is 11.4 Å². The first-order valence-electron chi connectivity index (χ1n) is 13.8. The van der Waals surface area contributed by atoms with Crippen molar-refractivity contribution in [3.63, 3.8) is 0 Å². The van der Waals surface area contributed by atoms with Gasteiger partial charge in [-0.25, -0.2) is 0 Å². The maximum absolute atomic E-state index is 13.3. The monoisotopic (exact) mass is 552 g/mol. The van der Waals surface area contributed by atoms with Crippen molar-refractivity contribution >= 4 is 23.3 Å². The van der Waals surface area contributed by atoms with E-state index < -0.39 is 45.7 Å². The predicted molar refractivity (Wildman–Crippen MR) is 153 cm³/mol. The topological polar surface area (TPSA) is 136 Å². The van der Waals surface area contributed by atoms with Crippen molar-refractivity contribution in [3.05, 3.63) is 69.3 Å². The van der Waals surface area contributed by atoms with E-state index in [1.807, 2.05) is 0 Å². The third-order valence-electron chi connectivity index (χ3n) is 9.47. The molecule has 216 valence electrons. The van der Waals surface area contributed by atoms with Crippen LogP contribution >= 0.6 is 0 Å². The van der Waals surface area contributed by atoms with E-state index in [1.54, 1.807) is 26.8 Å². The first-order chi connectivity index (χ1) is 18.8. The normalized spacial score (nSPS) is 29.2. The Kier molecular flexibility index (Phi) is 8.23. The Bertz CT molecular complexity index is 1290. The third-order valence-corrected chi connectivity index (χ3v) is 9.47. The number of carboxylic acid groups (broad SMARTS) is 2. The molecule has 10 nitrogen and oxygen atoms in total. The fraction of sp³-hybridized carbons (Fsp3) is 0.533. The summed E-state index contributed by atoms with van der Waals surface area (Å²) in [6, 6.07) is 11.1. The molecule has 4 rings (SSSR count). The highest BCUT2D eigenvalue weighted by atomic mass is 16.6. The van der Waals surface area contributed by atoms with Crippen LogP contribution in [0.2, 0.25) is 0 Å². The van der Waals surface area contributed by atoms with E-state index >= 15 is 0 Å². The lowest BCUT2D eigenvalue weighted by atomic mass is 9.51. The Labute approximate surface area is 235 Å². The Hall–Kier alpha value is -3.50. The number of nitrogens with zero attached hydrogens (tertiary/aromatic N) is 3. The van der Waals surface area contributed by atoms with Crippen molar-refractivity contribution in [1.29, 1.82) is 0 Å². The first-order valence-corrected chi connectivity index (χ1v) is 13.8. The Morgan fingerprint density at radius 3 is 2.27 bits per heavy atom. The molecule has 2 saturated heterocycles. The van der Waals surface area contributed by atoms with Crippen molar-refractivity contribution in [2.45, 2.75) is 59.0 Å². The molecule has 2 heterocycles. The lowest BCUT2D eigenvalue weighted by Gasteiger charge is -2.56. The Morgan fingerprint density at radius 1 is 1.02 bits per heavy atom. The number of hydrogen-bond acceptors (Lipinski definition) is 7. The smallest absolute Gasteiger partial charge is 0.311 e. The van der Waals surface area contributed by atoms with Gasteiger partial charge in [0.05, 0.1) is 15.8 Å². The largest absolute Gasteiger partial charge is 0.481 e. The number of aryl methyl sites for hydroxylation is 2. The van der Waals surface area contributed by atoms with Crippen molar-refractivity contribution in [2.75, 3.05) is 37.6 Å². The van der Waals surface area contributed by atoms with Crippen LogP contribution in [-0.2, 0) is 9.59 Å². The zero-order chi connectivity index (χ0) is 29.4. The highest BCUT2D eigenvalue weighted by Gasteiger charge is 2.65. The van der Waals surface area contributed by atoms with Gasteiger partial charge in [0.15, 0.2) is 0 Å². The maximum atomic E-state index is 13.3. The second-order valence-corrected chi connectivity index (χ2v) is 11.7. The third kappa shape index (κ3) is 5.06. The van der Waals surface area contributed by atoms with Crippen LogP contribution < -0.4 is 10.2 Å². The average molecular weight is 553 g/mol. The van der Waals surface area contributed by atoms with Crippen molar-refractivity contribution in [2.24, 2.45) is 10.8 Å². The minimum atomic E-state index is -1.53. The van der Waals surface area contributed by atoms with Gasteiger partial charge in [0.1, 0.15) is 0 Å². The van der Waals surface area contributed by atoms with Gasteiger partial charge in [0.25, 0.3) is 5.69 Å². The molecule has 5 atom stereocenters. The van der Waals surface area contributed by atoms with Crippen LogP contribution in [0.25, 0.3) is 0 Å². The number of nitrogens with one attached hydrogen (secondary N) is 1. The van der Waals surface area contributed by atoms with Gasteiger partial charge < -0.3 is 20.4 Å². The van der Waals surface area contributed by atoms with Crippen LogP contribution in [0.15, 0.2) is 42.5 Å². The summed E-state index contributed by atoms with van der Waals surface area (Å²) in [5.74, 6) is -3.24. The van der Waals surface area contributed by atoms with Gasteiger partial charge in [0, 0.05) is 62.0 Å². The van der Waals surface area contributed by atoms with Gasteiger partial charge in [0.2, 0.25) is 0 Å². The number of carbonyl (C=O) groups is 2. The van der Waals surface area contributed by atoms with E-state index in [-0.39, 0.29) is 12.1 Å². The molecule has 2 aromatic rings. The first kappa shape index (κ1) is 29.5. The molecular weight excluding hydrogens is 512 g/mol. The summed E-state index contributed by atoms with van der Waals surface area (Å²) in [6.07, 6.45) is 0.197. The van der Waals surface area contributed by atoms with E-state index in [2.05, 4.69) is 47.2 Å². The van der Waals surface area contributed by atoms with E-state index in [0.717, 1.165) is 26.2 Å². The summed E-state index contributed by atoms with van der Waals surface area (Å²) in [6.45, 7) is 12.8. The molecule has 2 aliphatic rings. The molecule has 0 bridgehead atoms. The molecule has 0 spiro atoms. The van der Waals surface area contributed by atoms with Gasteiger partial charge in [-0.1, -0.05) is 29.8 Å². The van der Waals surface area contributed by atoms with Gasteiger partial charge in [-0.15, -0.1) is 0 Å². The number of piperidine rings is 1. The SMILES string of the molecule is Cc1ccc(N2CCN(CCC3(C(=O)O)C(C)NC(C)C(C)(C(=O)O)C3c3cccc([N+](=O)[O-])c3)CC2)c(C)c1. The zero-order valence-electron chi connectivity index (χ0n) is 23.9. The number of rotatable bonds is 8. The van der Waals surface area contributed by atoms with Gasteiger partial charge in [-0.05, 0) is 64.8 Å². The fourth-order valence-corrected chi connectivity index (χ4v) is 6.99. The van der Waals surface area contributed by atoms with E-state index in [1.165, 1.54) is 35.0 Å². The number of carboxylic acids is 2. The summed E-state index contributed by atoms with van der Waals surface area (Å²) < 4.78 is 0. The number of aliphatic carboxylic acids is 2. The number of benzene rings is 2. The second kappa shape index (κ2) is 11.2. The Balaban J connectivity index is 1.66. The number of nitro groups is 1.